The summed E-state index contributed by atoms with van der Waals surface area (Å²) in [6.07, 6.45) is 0. The number of nitrogens with one attached hydrogen (secondary N) is 1. The van der Waals surface area contributed by atoms with Crippen molar-refractivity contribution >= 4 is 28.0 Å². The molecule has 106 valence electrons. The van der Waals surface area contributed by atoms with Crippen molar-refractivity contribution in [2.45, 2.75) is 13.5 Å². The van der Waals surface area contributed by atoms with Crippen LogP contribution in [0.4, 0.5) is 0 Å². The molecule has 3 aromatic rings. The normalized spacial score (nSPS) is 10.7. The van der Waals surface area contributed by atoms with Crippen LogP contribution in [0.2, 0.25) is 0 Å². The third kappa shape index (κ3) is 2.62. The van der Waals surface area contributed by atoms with Gasteiger partial charge in [-0.1, -0.05) is 30.3 Å². The topological polar surface area (TPSA) is 49.3 Å². The lowest BCUT2D eigenvalue weighted by molar-refractivity contribution is 0.0949. The largest absolute Gasteiger partial charge is 0.506 e. The average Bonchev–Trinajstić information content (AvgIpc) is 2.91. The molecule has 0 aliphatic carbocycles. The molecule has 0 saturated heterocycles. The van der Waals surface area contributed by atoms with Crippen LogP contribution in [0.1, 0.15) is 20.8 Å². The van der Waals surface area contributed by atoms with Crippen molar-refractivity contribution in [3.8, 4) is 5.75 Å². The number of fused-ring (bicyclic) bond motifs is 1. The summed E-state index contributed by atoms with van der Waals surface area (Å²) in [4.78, 5) is 13.4. The molecule has 1 heterocycles. The van der Waals surface area contributed by atoms with Gasteiger partial charge in [0, 0.05) is 10.3 Å². The van der Waals surface area contributed by atoms with Crippen LogP contribution in [0.25, 0.3) is 10.8 Å². The highest BCUT2D eigenvalue weighted by molar-refractivity contribution is 7.10. The van der Waals surface area contributed by atoms with Gasteiger partial charge in [0.25, 0.3) is 5.91 Å². The lowest BCUT2D eigenvalue weighted by Gasteiger charge is -2.09. The minimum atomic E-state index is -0.258. The van der Waals surface area contributed by atoms with Crippen LogP contribution in [0.5, 0.6) is 5.75 Å². The third-order valence-corrected chi connectivity index (χ3v) is 4.55. The van der Waals surface area contributed by atoms with Gasteiger partial charge in [-0.25, -0.2) is 0 Å². The lowest BCUT2D eigenvalue weighted by Crippen LogP contribution is -2.22. The summed E-state index contributed by atoms with van der Waals surface area (Å²) in [5.41, 5.74) is 1.48. The number of phenolic OH excluding ortho intramolecular Hbond substituents is 1. The SMILES string of the molecule is Cc1ccsc1CNC(=O)c1ccc2ccccc2c1O. The van der Waals surface area contributed by atoms with E-state index in [0.717, 1.165) is 10.3 Å². The average molecular weight is 297 g/mol. The molecule has 0 unspecified atom stereocenters. The number of carbonyl (C=O) groups excluding carboxylic acids is 1. The van der Waals surface area contributed by atoms with Crippen LogP contribution in [0, 0.1) is 6.92 Å². The van der Waals surface area contributed by atoms with E-state index < -0.39 is 0 Å². The fourth-order valence-electron chi connectivity index (χ4n) is 2.28. The zero-order chi connectivity index (χ0) is 14.8. The quantitative estimate of drug-likeness (QED) is 0.771. The monoisotopic (exact) mass is 297 g/mol. The van der Waals surface area contributed by atoms with E-state index in [1.165, 1.54) is 5.56 Å². The van der Waals surface area contributed by atoms with Crippen LogP contribution in [-0.4, -0.2) is 11.0 Å². The molecule has 21 heavy (non-hydrogen) atoms. The fraction of sp³-hybridized carbons (Fsp3) is 0.118. The van der Waals surface area contributed by atoms with Crippen LogP contribution < -0.4 is 5.32 Å². The molecule has 0 spiro atoms. The van der Waals surface area contributed by atoms with Crippen molar-refractivity contribution < 1.29 is 9.90 Å². The first-order valence-electron chi connectivity index (χ1n) is 6.68. The van der Waals surface area contributed by atoms with Crippen LogP contribution in [0.3, 0.4) is 0 Å². The molecule has 4 heteroatoms. The van der Waals surface area contributed by atoms with Gasteiger partial charge in [0.15, 0.2) is 0 Å². The van der Waals surface area contributed by atoms with Crippen molar-refractivity contribution in [1.29, 1.82) is 0 Å². The van der Waals surface area contributed by atoms with Crippen molar-refractivity contribution in [3.05, 3.63) is 63.8 Å². The van der Waals surface area contributed by atoms with Crippen molar-refractivity contribution in [1.82, 2.24) is 5.32 Å². The van der Waals surface area contributed by atoms with Gasteiger partial charge in [0.05, 0.1) is 12.1 Å². The molecule has 0 radical (unpaired) electrons. The highest BCUT2D eigenvalue weighted by atomic mass is 32.1. The molecule has 2 aromatic carbocycles. The fourth-order valence-corrected chi connectivity index (χ4v) is 3.13. The summed E-state index contributed by atoms with van der Waals surface area (Å²) >= 11 is 1.62. The molecule has 0 atom stereocenters. The number of carbonyl (C=O) groups is 1. The van der Waals surface area contributed by atoms with E-state index >= 15 is 0 Å². The second-order valence-electron chi connectivity index (χ2n) is 4.89. The van der Waals surface area contributed by atoms with E-state index in [9.17, 15) is 9.90 Å². The number of aromatic hydroxyl groups is 1. The Morgan fingerprint density at radius 1 is 1.19 bits per heavy atom. The van der Waals surface area contributed by atoms with E-state index in [4.69, 9.17) is 0 Å². The Labute approximate surface area is 126 Å². The summed E-state index contributed by atoms with van der Waals surface area (Å²) < 4.78 is 0. The number of amides is 1. The molecule has 1 aromatic heterocycles. The van der Waals surface area contributed by atoms with E-state index in [0.29, 0.717) is 17.5 Å². The van der Waals surface area contributed by atoms with Gasteiger partial charge >= 0.3 is 0 Å². The number of thiophene rings is 1. The van der Waals surface area contributed by atoms with Gasteiger partial charge in [-0.2, -0.15) is 0 Å². The Hall–Kier alpha value is -2.33. The standard InChI is InChI=1S/C17H15NO2S/c1-11-8-9-21-15(11)10-18-17(20)14-7-6-12-4-2-3-5-13(12)16(14)19/h2-9,19H,10H2,1H3,(H,18,20). The molecular formula is C17H15NO2S. The molecule has 0 aliphatic heterocycles. The van der Waals surface area contributed by atoms with E-state index in [-0.39, 0.29) is 11.7 Å². The summed E-state index contributed by atoms with van der Waals surface area (Å²) in [6.45, 7) is 2.50. The number of hydrogen-bond donors (Lipinski definition) is 2. The number of benzene rings is 2. The number of aryl methyl sites for hydroxylation is 1. The predicted octanol–water partition coefficient (Wildman–Crippen LogP) is 3.85. The van der Waals surface area contributed by atoms with Gasteiger partial charge in [-0.15, -0.1) is 11.3 Å². The van der Waals surface area contributed by atoms with Crippen molar-refractivity contribution in [2.75, 3.05) is 0 Å². The van der Waals surface area contributed by atoms with Crippen LogP contribution in [-0.2, 0) is 6.54 Å². The lowest BCUT2D eigenvalue weighted by atomic mass is 10.0. The summed E-state index contributed by atoms with van der Waals surface area (Å²) in [5.74, 6) is -0.223. The molecule has 3 rings (SSSR count). The zero-order valence-electron chi connectivity index (χ0n) is 11.6. The van der Waals surface area contributed by atoms with E-state index in [1.807, 2.05) is 48.7 Å². The molecule has 2 N–H and O–H groups in total. The Morgan fingerprint density at radius 2 is 2.00 bits per heavy atom. The molecule has 3 nitrogen and oxygen atoms in total. The Bertz CT molecular complexity index is 807. The first kappa shape index (κ1) is 13.6. The van der Waals surface area contributed by atoms with Gasteiger partial charge in [0.1, 0.15) is 5.75 Å². The van der Waals surface area contributed by atoms with Gasteiger partial charge in [-0.3, -0.25) is 4.79 Å². The smallest absolute Gasteiger partial charge is 0.255 e. The maximum absolute atomic E-state index is 12.2. The molecule has 0 fully saturated rings. The summed E-state index contributed by atoms with van der Waals surface area (Å²) in [6, 6.07) is 13.0. The maximum atomic E-state index is 12.2. The summed E-state index contributed by atoms with van der Waals surface area (Å²) in [5, 5.41) is 16.7. The Morgan fingerprint density at radius 3 is 2.76 bits per heavy atom. The van der Waals surface area contributed by atoms with E-state index in [1.54, 1.807) is 17.4 Å². The number of hydrogen-bond acceptors (Lipinski definition) is 3. The first-order chi connectivity index (χ1) is 10.2. The second-order valence-corrected chi connectivity index (χ2v) is 5.89. The molecule has 0 saturated carbocycles. The van der Waals surface area contributed by atoms with Crippen molar-refractivity contribution in [2.24, 2.45) is 0 Å². The van der Waals surface area contributed by atoms with E-state index in [2.05, 4.69) is 5.32 Å². The summed E-state index contributed by atoms with van der Waals surface area (Å²) in [7, 11) is 0. The number of phenols is 1. The van der Waals surface area contributed by atoms with Crippen LogP contribution >= 0.6 is 11.3 Å². The minimum Gasteiger partial charge on any atom is -0.506 e. The molecular weight excluding hydrogens is 282 g/mol. The third-order valence-electron chi connectivity index (χ3n) is 3.52. The first-order valence-corrected chi connectivity index (χ1v) is 7.56. The molecule has 0 bridgehead atoms. The van der Waals surface area contributed by atoms with Gasteiger partial charge in [0.2, 0.25) is 0 Å². The van der Waals surface area contributed by atoms with Crippen LogP contribution in [0.15, 0.2) is 47.8 Å². The molecule has 0 aliphatic rings. The van der Waals surface area contributed by atoms with Gasteiger partial charge < -0.3 is 10.4 Å². The highest BCUT2D eigenvalue weighted by Gasteiger charge is 2.13. The predicted molar refractivity (Wildman–Crippen MR) is 85.8 cm³/mol. The number of rotatable bonds is 3. The minimum absolute atomic E-state index is 0.0356. The zero-order valence-corrected chi connectivity index (χ0v) is 12.4. The van der Waals surface area contributed by atoms with Gasteiger partial charge in [-0.05, 0) is 35.4 Å². The Balaban J connectivity index is 1.85. The second kappa shape index (κ2) is 5.58. The molecule has 1 amide bonds. The van der Waals surface area contributed by atoms with Crippen molar-refractivity contribution in [3.63, 3.8) is 0 Å². The highest BCUT2D eigenvalue weighted by Crippen LogP contribution is 2.28. The Kier molecular flexibility index (Phi) is 3.62. The maximum Gasteiger partial charge on any atom is 0.255 e.